The summed E-state index contributed by atoms with van der Waals surface area (Å²) in [5.74, 6) is 0.0682. The molecule has 7 nitrogen and oxygen atoms in total. The second-order valence-corrected chi connectivity index (χ2v) is 3.33. The highest BCUT2D eigenvalue weighted by Gasteiger charge is 2.28. The Balaban J connectivity index is 2.25. The van der Waals surface area contributed by atoms with Crippen molar-refractivity contribution in [3.8, 4) is 0 Å². The number of rotatable bonds is 3. The van der Waals surface area contributed by atoms with Gasteiger partial charge in [-0.25, -0.2) is 14.8 Å². The lowest BCUT2D eigenvalue weighted by molar-refractivity contribution is -0.138. The van der Waals surface area contributed by atoms with Gasteiger partial charge in [-0.15, -0.1) is 0 Å². The normalized spacial score (nSPS) is 26.2. The minimum absolute atomic E-state index is 0.376. The van der Waals surface area contributed by atoms with Crippen molar-refractivity contribution in [1.29, 1.82) is 0 Å². The van der Waals surface area contributed by atoms with Crippen LogP contribution in [0.2, 0.25) is 0 Å². The number of hydrogen-bond donors (Lipinski definition) is 2. The zero-order valence-corrected chi connectivity index (χ0v) is 8.66. The predicted octanol–water partition coefficient (Wildman–Crippen LogP) is -0.311. The second kappa shape index (κ2) is 4.21. The van der Waals surface area contributed by atoms with Gasteiger partial charge in [0.2, 0.25) is 0 Å². The van der Waals surface area contributed by atoms with Crippen molar-refractivity contribution in [2.24, 2.45) is 20.0 Å². The molecule has 0 radical (unpaired) electrons. The summed E-state index contributed by atoms with van der Waals surface area (Å²) in [7, 11) is 0. The van der Waals surface area contributed by atoms with Crippen molar-refractivity contribution in [3.05, 3.63) is 0 Å². The van der Waals surface area contributed by atoms with Gasteiger partial charge in [-0.05, 0) is 6.42 Å². The number of nitrogens with zero attached hydrogens (tertiary/aromatic N) is 4. The number of nitrogens with one attached hydrogen (secondary N) is 1. The Labute approximate surface area is 91.7 Å². The summed E-state index contributed by atoms with van der Waals surface area (Å²) < 4.78 is 0. The molecule has 2 aliphatic heterocycles. The summed E-state index contributed by atoms with van der Waals surface area (Å²) in [4.78, 5) is 27.0. The Morgan fingerprint density at radius 3 is 3.25 bits per heavy atom. The molecule has 0 aromatic carbocycles. The molecule has 0 aromatic rings. The highest BCUT2D eigenvalue weighted by molar-refractivity contribution is 6.21. The molecular weight excluding hydrogens is 210 g/mol. The van der Waals surface area contributed by atoms with Gasteiger partial charge in [-0.2, -0.15) is 0 Å². The third-order valence-corrected chi connectivity index (χ3v) is 2.29. The smallest absolute Gasteiger partial charge is 0.328 e. The fourth-order valence-corrected chi connectivity index (χ4v) is 1.43. The Morgan fingerprint density at radius 1 is 1.75 bits per heavy atom. The van der Waals surface area contributed by atoms with Crippen molar-refractivity contribution in [2.75, 3.05) is 0 Å². The van der Waals surface area contributed by atoms with Crippen molar-refractivity contribution in [2.45, 2.75) is 25.4 Å². The van der Waals surface area contributed by atoms with Gasteiger partial charge in [0.15, 0.2) is 11.9 Å². The van der Waals surface area contributed by atoms with E-state index in [0.717, 1.165) is 0 Å². The Kier molecular flexibility index (Phi) is 2.76. The van der Waals surface area contributed by atoms with Crippen LogP contribution in [-0.2, 0) is 4.79 Å². The number of carboxylic acids is 1. The Bertz CT molecular complexity index is 424. The van der Waals surface area contributed by atoms with Crippen LogP contribution in [0.1, 0.15) is 13.3 Å². The molecule has 0 aliphatic carbocycles. The van der Waals surface area contributed by atoms with Crippen molar-refractivity contribution in [3.63, 3.8) is 0 Å². The highest BCUT2D eigenvalue weighted by atomic mass is 16.4. The van der Waals surface area contributed by atoms with E-state index < -0.39 is 12.0 Å². The first kappa shape index (κ1) is 10.5. The monoisotopic (exact) mass is 221 g/mol. The van der Waals surface area contributed by atoms with Crippen LogP contribution in [0.15, 0.2) is 20.0 Å². The van der Waals surface area contributed by atoms with Crippen LogP contribution in [0, 0.1) is 0 Å². The van der Waals surface area contributed by atoms with Crippen LogP contribution < -0.4 is 5.32 Å². The highest BCUT2D eigenvalue weighted by Crippen LogP contribution is 2.09. The molecule has 84 valence electrons. The maximum atomic E-state index is 10.9. The lowest BCUT2D eigenvalue weighted by Gasteiger charge is -2.16. The lowest BCUT2D eigenvalue weighted by Crippen LogP contribution is -2.41. The van der Waals surface area contributed by atoms with Crippen LogP contribution in [0.3, 0.4) is 0 Å². The van der Waals surface area contributed by atoms with E-state index in [-0.39, 0.29) is 6.04 Å². The summed E-state index contributed by atoms with van der Waals surface area (Å²) in [6.45, 7) is 1.76. The third-order valence-electron chi connectivity index (χ3n) is 2.29. The minimum atomic E-state index is -0.954. The van der Waals surface area contributed by atoms with Gasteiger partial charge in [-0.3, -0.25) is 9.98 Å². The van der Waals surface area contributed by atoms with Crippen LogP contribution in [0.4, 0.5) is 0 Å². The largest absolute Gasteiger partial charge is 0.480 e. The summed E-state index contributed by atoms with van der Waals surface area (Å²) in [6, 6.07) is -1.15. The molecule has 2 rings (SSSR count). The zero-order valence-electron chi connectivity index (χ0n) is 8.66. The molecule has 2 atom stereocenters. The van der Waals surface area contributed by atoms with Crippen molar-refractivity contribution < 1.29 is 9.90 Å². The molecule has 16 heavy (non-hydrogen) atoms. The molecule has 2 unspecified atom stereocenters. The summed E-state index contributed by atoms with van der Waals surface area (Å²) in [6.07, 6.45) is 3.28. The van der Waals surface area contributed by atoms with Gasteiger partial charge >= 0.3 is 5.97 Å². The summed E-state index contributed by atoms with van der Waals surface area (Å²) in [5.41, 5.74) is 0. The number of amidine groups is 2. The van der Waals surface area contributed by atoms with Gasteiger partial charge in [0.25, 0.3) is 0 Å². The molecule has 0 spiro atoms. The van der Waals surface area contributed by atoms with E-state index in [9.17, 15) is 4.79 Å². The fraction of sp³-hybridized carbons (Fsp3) is 0.444. The molecule has 0 aromatic heterocycles. The van der Waals surface area contributed by atoms with Gasteiger partial charge in [0.05, 0.1) is 6.34 Å². The molecule has 2 heterocycles. The number of carbonyl (C=O) groups is 1. The molecule has 2 N–H and O–H groups in total. The van der Waals surface area contributed by atoms with E-state index in [0.29, 0.717) is 18.1 Å². The first-order chi connectivity index (χ1) is 7.72. The first-order valence-corrected chi connectivity index (χ1v) is 4.91. The number of hydrogen-bond acceptors (Lipinski definition) is 5. The SMILES string of the molecule is CCC(N=C1N=CNC2=NC=NC12)C(=O)O. The van der Waals surface area contributed by atoms with E-state index in [4.69, 9.17) is 5.11 Å². The standard InChI is InChI=1S/C9H11N5O2/c1-2-5(9(15)16)14-8-6-7(11-3-10-6)12-4-13-8/h3-6H,2H2,1H3,(H,15,16)(H,10,11,12,13,14). The predicted molar refractivity (Wildman–Crippen MR) is 60.5 cm³/mol. The molecular formula is C9H11N5O2. The molecule has 0 bridgehead atoms. The minimum Gasteiger partial charge on any atom is -0.480 e. The quantitative estimate of drug-likeness (QED) is 0.683. The van der Waals surface area contributed by atoms with Crippen molar-refractivity contribution >= 4 is 30.3 Å². The molecule has 2 aliphatic rings. The molecule has 0 saturated carbocycles. The van der Waals surface area contributed by atoms with Gasteiger partial charge < -0.3 is 10.4 Å². The molecule has 0 amide bonds. The average Bonchev–Trinajstić information content (AvgIpc) is 2.73. The van der Waals surface area contributed by atoms with Crippen LogP contribution in [0.5, 0.6) is 0 Å². The van der Waals surface area contributed by atoms with E-state index >= 15 is 0 Å². The second-order valence-electron chi connectivity index (χ2n) is 3.33. The number of carboxylic acid groups (broad SMARTS) is 1. The lowest BCUT2D eigenvalue weighted by atomic mass is 10.2. The Morgan fingerprint density at radius 2 is 2.56 bits per heavy atom. The fourth-order valence-electron chi connectivity index (χ4n) is 1.43. The van der Waals surface area contributed by atoms with Gasteiger partial charge in [-0.1, -0.05) is 6.92 Å². The third kappa shape index (κ3) is 1.83. The van der Waals surface area contributed by atoms with Gasteiger partial charge in [0.1, 0.15) is 18.2 Å². The maximum absolute atomic E-state index is 10.9. The van der Waals surface area contributed by atoms with E-state index in [1.807, 2.05) is 0 Å². The molecule has 7 heteroatoms. The van der Waals surface area contributed by atoms with Crippen molar-refractivity contribution in [1.82, 2.24) is 5.32 Å². The average molecular weight is 221 g/mol. The first-order valence-electron chi connectivity index (χ1n) is 4.91. The number of aliphatic carboxylic acids is 1. The van der Waals surface area contributed by atoms with E-state index in [1.165, 1.54) is 12.7 Å². The van der Waals surface area contributed by atoms with Crippen LogP contribution in [-0.4, -0.2) is 47.5 Å². The molecule has 0 saturated heterocycles. The Hall–Kier alpha value is -2.05. The van der Waals surface area contributed by atoms with E-state index in [1.54, 1.807) is 6.92 Å². The maximum Gasteiger partial charge on any atom is 0.328 e. The van der Waals surface area contributed by atoms with Crippen LogP contribution in [0.25, 0.3) is 0 Å². The van der Waals surface area contributed by atoms with E-state index in [2.05, 4.69) is 25.3 Å². The number of fused-ring (bicyclic) bond motifs is 1. The topological polar surface area (TPSA) is 98.8 Å². The number of aliphatic imine (C=N–C) groups is 4. The summed E-state index contributed by atoms with van der Waals surface area (Å²) >= 11 is 0. The zero-order chi connectivity index (χ0) is 11.5. The van der Waals surface area contributed by atoms with Crippen LogP contribution >= 0.6 is 0 Å². The van der Waals surface area contributed by atoms with Gasteiger partial charge in [0, 0.05) is 0 Å². The summed E-state index contributed by atoms with van der Waals surface area (Å²) in [5, 5.41) is 11.7. The molecule has 0 fully saturated rings.